The highest BCUT2D eigenvalue weighted by atomic mass is 16.3. The minimum Gasteiger partial charge on any atom is -0.396 e. The van der Waals surface area contributed by atoms with Crippen LogP contribution in [-0.4, -0.2) is 23.2 Å². The van der Waals surface area contributed by atoms with Crippen molar-refractivity contribution in [2.75, 3.05) is 6.61 Å². The molecule has 168 valence electrons. The number of carbonyl (C=O) groups excluding carboxylic acids is 1. The molecule has 1 N–H and O–H groups in total. The molecule has 1 aliphatic rings. The number of para-hydroxylation sites is 1. The fourth-order valence-electron chi connectivity index (χ4n) is 5.03. The monoisotopic (exact) mass is 453 g/mol. The summed E-state index contributed by atoms with van der Waals surface area (Å²) >= 11 is 0. The number of hydrogen-bond donors (Lipinski definition) is 1. The third kappa shape index (κ3) is 3.58. The average Bonchev–Trinajstić information content (AvgIpc) is 3.18. The van der Waals surface area contributed by atoms with Gasteiger partial charge in [0, 0.05) is 23.1 Å². The van der Waals surface area contributed by atoms with Crippen LogP contribution in [0.25, 0.3) is 33.0 Å². The maximum Gasteiger partial charge on any atom is 0.212 e. The first-order valence-corrected chi connectivity index (χ1v) is 11.8. The Hall–Kier alpha value is -4.34. The van der Waals surface area contributed by atoms with Gasteiger partial charge in [0.25, 0.3) is 0 Å². The van der Waals surface area contributed by atoms with E-state index in [9.17, 15) is 9.90 Å². The van der Waals surface area contributed by atoms with Crippen LogP contribution in [0.5, 0.6) is 0 Å². The maximum atomic E-state index is 13.7. The highest BCUT2D eigenvalue weighted by Gasteiger charge is 2.31. The molecule has 3 nitrogen and oxygen atoms in total. The second-order valence-corrected chi connectivity index (χ2v) is 8.70. The lowest BCUT2D eigenvalue weighted by Crippen LogP contribution is -2.08. The van der Waals surface area contributed by atoms with E-state index in [-0.39, 0.29) is 12.4 Å². The van der Waals surface area contributed by atoms with Crippen molar-refractivity contribution in [3.8, 4) is 22.3 Å². The first-order valence-electron chi connectivity index (χ1n) is 11.8. The largest absolute Gasteiger partial charge is 0.396 e. The number of aliphatic hydroxyl groups excluding tert-OH is 1. The van der Waals surface area contributed by atoms with Crippen molar-refractivity contribution in [3.63, 3.8) is 0 Å². The lowest BCUT2D eigenvalue weighted by atomic mass is 9.89. The van der Waals surface area contributed by atoms with Crippen molar-refractivity contribution in [2.24, 2.45) is 4.99 Å². The topological polar surface area (TPSA) is 49.7 Å². The molecule has 5 aromatic carbocycles. The number of rotatable bonds is 5. The number of aliphatic hydroxyl groups is 1. The lowest BCUT2D eigenvalue weighted by Gasteiger charge is -2.14. The summed E-state index contributed by atoms with van der Waals surface area (Å²) in [7, 11) is 0. The number of carbonyl (C=O) groups is 1. The van der Waals surface area contributed by atoms with Gasteiger partial charge in [0.05, 0.1) is 5.69 Å². The van der Waals surface area contributed by atoms with E-state index in [0.29, 0.717) is 17.7 Å². The fourth-order valence-corrected chi connectivity index (χ4v) is 5.03. The smallest absolute Gasteiger partial charge is 0.212 e. The van der Waals surface area contributed by atoms with E-state index in [1.807, 2.05) is 72.8 Å². The standard InChI is InChI=1S/C32H23NO2/c34-20-19-23-13-7-8-14-28(23)33-31-26-17-15-24(21-9-3-1-4-10-21)29-25(22-11-5-2-6-12-22)16-18-27(30(26)29)32(31)35/h1-18,34H,19-20H2/b33-31+. The van der Waals surface area contributed by atoms with Gasteiger partial charge in [-0.25, -0.2) is 4.99 Å². The van der Waals surface area contributed by atoms with Crippen molar-refractivity contribution >= 4 is 28.0 Å². The highest BCUT2D eigenvalue weighted by molar-refractivity contribution is 6.60. The molecule has 0 fully saturated rings. The molecule has 3 heteroatoms. The average molecular weight is 454 g/mol. The van der Waals surface area contributed by atoms with Gasteiger partial charge in [-0.05, 0) is 51.8 Å². The zero-order chi connectivity index (χ0) is 23.8. The summed E-state index contributed by atoms with van der Waals surface area (Å²) in [5.41, 5.74) is 8.07. The van der Waals surface area contributed by atoms with Gasteiger partial charge >= 0.3 is 0 Å². The maximum absolute atomic E-state index is 13.7. The van der Waals surface area contributed by atoms with Gasteiger partial charge in [0.1, 0.15) is 5.71 Å². The van der Waals surface area contributed by atoms with Gasteiger partial charge in [-0.1, -0.05) is 97.1 Å². The molecule has 5 aromatic rings. The number of benzene rings is 5. The summed E-state index contributed by atoms with van der Waals surface area (Å²) in [4.78, 5) is 18.5. The normalized spacial score (nSPS) is 13.6. The first kappa shape index (κ1) is 21.2. The zero-order valence-corrected chi connectivity index (χ0v) is 19.1. The van der Waals surface area contributed by atoms with Crippen LogP contribution in [-0.2, 0) is 6.42 Å². The molecule has 0 aliphatic heterocycles. The van der Waals surface area contributed by atoms with Gasteiger partial charge in [-0.2, -0.15) is 0 Å². The van der Waals surface area contributed by atoms with Crippen LogP contribution < -0.4 is 0 Å². The van der Waals surface area contributed by atoms with Crippen LogP contribution in [0, 0.1) is 0 Å². The molecule has 0 spiro atoms. The van der Waals surface area contributed by atoms with Crippen LogP contribution in [0.15, 0.2) is 114 Å². The molecule has 0 saturated heterocycles. The Morgan fingerprint density at radius 2 is 1.09 bits per heavy atom. The van der Waals surface area contributed by atoms with Crippen molar-refractivity contribution in [1.82, 2.24) is 0 Å². The number of Topliss-reactive ketones (excluding diaryl/α,β-unsaturated/α-hetero) is 1. The van der Waals surface area contributed by atoms with Gasteiger partial charge in [0.15, 0.2) is 0 Å². The number of aliphatic imine (C=N–C) groups is 1. The van der Waals surface area contributed by atoms with E-state index in [2.05, 4.69) is 36.4 Å². The third-order valence-electron chi connectivity index (χ3n) is 6.65. The molecule has 6 rings (SSSR count). The summed E-state index contributed by atoms with van der Waals surface area (Å²) in [5, 5.41) is 11.5. The van der Waals surface area contributed by atoms with Gasteiger partial charge in [-0.3, -0.25) is 4.79 Å². The second kappa shape index (κ2) is 8.79. The van der Waals surface area contributed by atoms with Crippen LogP contribution in [0.4, 0.5) is 5.69 Å². The van der Waals surface area contributed by atoms with Crippen molar-refractivity contribution in [3.05, 3.63) is 126 Å². The predicted octanol–water partition coefficient (Wildman–Crippen LogP) is 7.03. The SMILES string of the molecule is O=C1/C(=N/c2ccccc2CCO)c2ccc(-c3ccccc3)c3c(-c4ccccc4)ccc1c23. The molecular formula is C32H23NO2. The zero-order valence-electron chi connectivity index (χ0n) is 19.1. The summed E-state index contributed by atoms with van der Waals surface area (Å²) < 4.78 is 0. The molecule has 0 amide bonds. The Bertz CT molecular complexity index is 1560. The van der Waals surface area contributed by atoms with Crippen molar-refractivity contribution < 1.29 is 9.90 Å². The van der Waals surface area contributed by atoms with Gasteiger partial charge < -0.3 is 5.11 Å². The molecular weight excluding hydrogens is 430 g/mol. The molecule has 0 heterocycles. The van der Waals surface area contributed by atoms with E-state index in [0.717, 1.165) is 49.8 Å². The second-order valence-electron chi connectivity index (χ2n) is 8.70. The quantitative estimate of drug-likeness (QED) is 0.311. The minimum absolute atomic E-state index is 0.0342. The summed E-state index contributed by atoms with van der Waals surface area (Å²) in [6.45, 7) is 0.0342. The molecule has 1 aliphatic carbocycles. The summed E-state index contributed by atoms with van der Waals surface area (Å²) in [6, 6.07) is 36.4. The molecule has 35 heavy (non-hydrogen) atoms. The highest BCUT2D eigenvalue weighted by Crippen LogP contribution is 2.43. The van der Waals surface area contributed by atoms with E-state index >= 15 is 0 Å². The molecule has 0 saturated carbocycles. The molecule has 0 radical (unpaired) electrons. The van der Waals surface area contributed by atoms with Crippen LogP contribution in [0.2, 0.25) is 0 Å². The fraction of sp³-hybridized carbons (Fsp3) is 0.0625. The van der Waals surface area contributed by atoms with Gasteiger partial charge in [-0.15, -0.1) is 0 Å². The Kier molecular flexibility index (Phi) is 5.32. The minimum atomic E-state index is -0.0615. The Labute approximate surface area is 204 Å². The Balaban J connectivity index is 1.66. The Morgan fingerprint density at radius 3 is 1.71 bits per heavy atom. The summed E-state index contributed by atoms with van der Waals surface area (Å²) in [6.07, 6.45) is 0.495. The lowest BCUT2D eigenvalue weighted by molar-refractivity contribution is 0.107. The van der Waals surface area contributed by atoms with Crippen LogP contribution in [0.1, 0.15) is 21.5 Å². The van der Waals surface area contributed by atoms with Crippen LogP contribution in [0.3, 0.4) is 0 Å². The predicted molar refractivity (Wildman–Crippen MR) is 143 cm³/mol. The number of hydrogen-bond acceptors (Lipinski definition) is 3. The van der Waals surface area contributed by atoms with E-state index in [4.69, 9.17) is 4.99 Å². The number of nitrogens with zero attached hydrogens (tertiary/aromatic N) is 1. The summed E-state index contributed by atoms with van der Waals surface area (Å²) in [5.74, 6) is -0.0615. The van der Waals surface area contributed by atoms with E-state index in [1.165, 1.54) is 0 Å². The molecule has 0 unspecified atom stereocenters. The van der Waals surface area contributed by atoms with Crippen LogP contribution >= 0.6 is 0 Å². The van der Waals surface area contributed by atoms with E-state index < -0.39 is 0 Å². The first-order chi connectivity index (χ1) is 17.3. The van der Waals surface area contributed by atoms with E-state index in [1.54, 1.807) is 0 Å². The van der Waals surface area contributed by atoms with Crippen molar-refractivity contribution in [1.29, 1.82) is 0 Å². The third-order valence-corrected chi connectivity index (χ3v) is 6.65. The Morgan fingerprint density at radius 1 is 0.571 bits per heavy atom. The van der Waals surface area contributed by atoms with Crippen molar-refractivity contribution in [2.45, 2.75) is 6.42 Å². The van der Waals surface area contributed by atoms with Gasteiger partial charge in [0.2, 0.25) is 5.78 Å². The molecule has 0 atom stereocenters. The molecule has 0 bridgehead atoms. The number of ketones is 1. The molecule has 0 aromatic heterocycles.